The molecule has 0 radical (unpaired) electrons. The summed E-state index contributed by atoms with van der Waals surface area (Å²) in [6, 6.07) is 0.267. The van der Waals surface area contributed by atoms with Crippen molar-refractivity contribution in [2.75, 3.05) is 23.7 Å². The molecule has 32 heavy (non-hydrogen) atoms. The van der Waals surface area contributed by atoms with Gasteiger partial charge in [0.15, 0.2) is 0 Å². The Labute approximate surface area is 192 Å². The summed E-state index contributed by atoms with van der Waals surface area (Å²) in [7, 11) is 0. The zero-order chi connectivity index (χ0) is 21.7. The summed E-state index contributed by atoms with van der Waals surface area (Å²) in [6.45, 7) is 1.72. The number of hydrogen-bond donors (Lipinski definition) is 3. The quantitative estimate of drug-likeness (QED) is 0.536. The van der Waals surface area contributed by atoms with Crippen molar-refractivity contribution in [1.29, 1.82) is 0 Å². The average molecular weight is 454 g/mol. The van der Waals surface area contributed by atoms with E-state index in [4.69, 9.17) is 0 Å². The third-order valence-corrected chi connectivity index (χ3v) is 8.41. The lowest BCUT2D eigenvalue weighted by atomic mass is 9.91. The number of anilines is 2. The van der Waals surface area contributed by atoms with Crippen LogP contribution in [0.15, 0.2) is 12.4 Å². The highest BCUT2D eigenvalue weighted by molar-refractivity contribution is 7.17. The summed E-state index contributed by atoms with van der Waals surface area (Å²) in [6.07, 6.45) is 13.6. The Morgan fingerprint density at radius 2 is 1.84 bits per heavy atom. The Morgan fingerprint density at radius 3 is 2.59 bits per heavy atom. The average Bonchev–Trinajstić information content (AvgIpc) is 3.67. The first-order valence-corrected chi connectivity index (χ1v) is 13.0. The molecule has 2 aromatic heterocycles. The first-order chi connectivity index (χ1) is 15.7. The van der Waals surface area contributed by atoms with Gasteiger partial charge in [-0.2, -0.15) is 0 Å². The van der Waals surface area contributed by atoms with E-state index in [-0.39, 0.29) is 23.8 Å². The van der Waals surface area contributed by atoms with E-state index in [2.05, 4.69) is 31.7 Å². The molecule has 8 heteroatoms. The summed E-state index contributed by atoms with van der Waals surface area (Å²) in [5.41, 5.74) is 1.82. The van der Waals surface area contributed by atoms with Crippen LogP contribution in [0.4, 0.5) is 10.9 Å². The van der Waals surface area contributed by atoms with E-state index in [0.29, 0.717) is 11.5 Å². The number of fused-ring (bicyclic) bond motifs is 1. The van der Waals surface area contributed by atoms with Gasteiger partial charge in [-0.1, -0.05) is 0 Å². The van der Waals surface area contributed by atoms with E-state index >= 15 is 0 Å². The van der Waals surface area contributed by atoms with Gasteiger partial charge in [-0.05, 0) is 75.2 Å². The molecule has 0 aromatic carbocycles. The van der Waals surface area contributed by atoms with Gasteiger partial charge in [0.1, 0.15) is 5.00 Å². The van der Waals surface area contributed by atoms with Crippen molar-refractivity contribution in [3.63, 3.8) is 0 Å². The number of nitrogens with zero attached hydrogens (tertiary/aromatic N) is 2. The summed E-state index contributed by atoms with van der Waals surface area (Å²) < 4.78 is 2.25. The number of carbonyl (C=O) groups excluding carboxylic acids is 2. The number of imidazole rings is 1. The summed E-state index contributed by atoms with van der Waals surface area (Å²) >= 11 is 1.61. The third kappa shape index (κ3) is 4.29. The molecule has 170 valence electrons. The Hall–Kier alpha value is -2.35. The fourth-order valence-electron chi connectivity index (χ4n) is 4.64. The molecule has 0 aliphatic heterocycles. The molecule has 6 rings (SSSR count). The van der Waals surface area contributed by atoms with E-state index in [0.717, 1.165) is 67.6 Å². The molecule has 0 saturated heterocycles. The van der Waals surface area contributed by atoms with E-state index in [1.165, 1.54) is 30.6 Å². The van der Waals surface area contributed by atoms with Crippen molar-refractivity contribution in [1.82, 2.24) is 14.9 Å². The van der Waals surface area contributed by atoms with E-state index in [1.54, 1.807) is 11.3 Å². The van der Waals surface area contributed by atoms with Crippen LogP contribution in [0.1, 0.15) is 71.8 Å². The van der Waals surface area contributed by atoms with Crippen LogP contribution >= 0.6 is 11.3 Å². The zero-order valence-corrected chi connectivity index (χ0v) is 19.2. The van der Waals surface area contributed by atoms with Gasteiger partial charge < -0.3 is 20.5 Å². The van der Waals surface area contributed by atoms with Crippen LogP contribution in [0, 0.1) is 17.8 Å². The molecule has 1 unspecified atom stereocenters. The monoisotopic (exact) mass is 453 g/mol. The Kier molecular flexibility index (Phi) is 5.20. The standard InChI is InChI=1S/C24H31N5O2S/c30-21(16-5-6-16)28-23-20(22(31)26-12-14-1-2-14)18-11-17(7-8-19(18)32-23)29-10-9-25-24(29)27-13-15-3-4-15/h9-10,14-17H,1-8,11-13H2,(H,25,27)(H,26,31)(H,28,30). The molecule has 2 amide bonds. The minimum Gasteiger partial charge on any atom is -0.355 e. The van der Waals surface area contributed by atoms with E-state index < -0.39 is 0 Å². The van der Waals surface area contributed by atoms with Gasteiger partial charge in [-0.25, -0.2) is 4.98 Å². The predicted octanol–water partition coefficient (Wildman–Crippen LogP) is 3.98. The number of aromatic nitrogens is 2. The molecule has 3 fully saturated rings. The molecule has 3 saturated carbocycles. The lowest BCUT2D eigenvalue weighted by molar-refractivity contribution is -0.117. The van der Waals surface area contributed by atoms with Gasteiger partial charge in [0.2, 0.25) is 11.9 Å². The lowest BCUT2D eigenvalue weighted by Crippen LogP contribution is -2.28. The number of rotatable bonds is 9. The summed E-state index contributed by atoms with van der Waals surface area (Å²) in [4.78, 5) is 31.6. The van der Waals surface area contributed by atoms with Gasteiger partial charge in [0, 0.05) is 42.3 Å². The normalized spacial score (nSPS) is 22.3. The van der Waals surface area contributed by atoms with Gasteiger partial charge in [0.05, 0.1) is 5.56 Å². The maximum Gasteiger partial charge on any atom is 0.254 e. The van der Waals surface area contributed by atoms with Crippen molar-refractivity contribution >= 4 is 34.1 Å². The van der Waals surface area contributed by atoms with E-state index in [1.807, 2.05) is 6.20 Å². The summed E-state index contributed by atoms with van der Waals surface area (Å²) in [5.74, 6) is 2.50. The molecule has 0 spiro atoms. The molecule has 0 bridgehead atoms. The number of carbonyl (C=O) groups is 2. The Bertz CT molecular complexity index is 1030. The second-order valence-corrected chi connectivity index (χ2v) is 11.1. The van der Waals surface area contributed by atoms with Crippen LogP contribution in [-0.2, 0) is 17.6 Å². The van der Waals surface area contributed by atoms with Gasteiger partial charge >= 0.3 is 0 Å². The SMILES string of the molecule is O=C(NCC1CC1)c1c(NC(=O)C2CC2)sc2c1CC(n1ccnc1NCC1CC1)CC2. The van der Waals surface area contributed by atoms with Crippen molar-refractivity contribution in [2.45, 2.75) is 63.8 Å². The number of aryl methyl sites for hydroxylation is 1. The van der Waals surface area contributed by atoms with Crippen LogP contribution in [0.5, 0.6) is 0 Å². The van der Waals surface area contributed by atoms with Crippen molar-refractivity contribution < 1.29 is 9.59 Å². The highest BCUT2D eigenvalue weighted by atomic mass is 32.1. The fourth-order valence-corrected chi connectivity index (χ4v) is 5.88. The minimum atomic E-state index is -0.0288. The second-order valence-electron chi connectivity index (χ2n) is 10.0. The Morgan fingerprint density at radius 1 is 1.06 bits per heavy atom. The van der Waals surface area contributed by atoms with Gasteiger partial charge in [-0.15, -0.1) is 11.3 Å². The molecular formula is C24H31N5O2S. The highest BCUT2D eigenvalue weighted by Crippen LogP contribution is 2.43. The fraction of sp³-hybridized carbons (Fsp3) is 0.625. The number of thiophene rings is 1. The van der Waals surface area contributed by atoms with Crippen molar-refractivity contribution in [3.8, 4) is 0 Å². The number of amides is 2. The number of nitrogens with one attached hydrogen (secondary N) is 3. The second kappa shape index (κ2) is 8.21. The van der Waals surface area contributed by atoms with Crippen molar-refractivity contribution in [3.05, 3.63) is 28.4 Å². The van der Waals surface area contributed by atoms with Gasteiger partial charge in [0.25, 0.3) is 5.91 Å². The smallest absolute Gasteiger partial charge is 0.254 e. The van der Waals surface area contributed by atoms with E-state index in [9.17, 15) is 9.59 Å². The van der Waals surface area contributed by atoms with Gasteiger partial charge in [-0.3, -0.25) is 9.59 Å². The van der Waals surface area contributed by atoms with Crippen LogP contribution in [-0.4, -0.2) is 34.5 Å². The molecule has 7 nitrogen and oxygen atoms in total. The Balaban J connectivity index is 1.25. The van der Waals surface area contributed by atoms with Crippen LogP contribution in [0.2, 0.25) is 0 Å². The molecule has 2 heterocycles. The van der Waals surface area contributed by atoms with Crippen LogP contribution < -0.4 is 16.0 Å². The highest BCUT2D eigenvalue weighted by Gasteiger charge is 2.35. The summed E-state index contributed by atoms with van der Waals surface area (Å²) in [5, 5.41) is 10.5. The molecule has 1 atom stereocenters. The zero-order valence-electron chi connectivity index (χ0n) is 18.4. The molecule has 4 aliphatic carbocycles. The topological polar surface area (TPSA) is 88.1 Å². The molecule has 4 aliphatic rings. The van der Waals surface area contributed by atoms with Crippen LogP contribution in [0.3, 0.4) is 0 Å². The lowest BCUT2D eigenvalue weighted by Gasteiger charge is -2.26. The maximum absolute atomic E-state index is 13.3. The molecule has 2 aromatic rings. The first kappa shape index (κ1) is 20.3. The maximum atomic E-state index is 13.3. The van der Waals surface area contributed by atoms with Crippen LogP contribution in [0.25, 0.3) is 0 Å². The minimum absolute atomic E-state index is 0.0288. The third-order valence-electron chi connectivity index (χ3n) is 7.20. The predicted molar refractivity (Wildman–Crippen MR) is 125 cm³/mol. The molecule has 3 N–H and O–H groups in total. The molecular weight excluding hydrogens is 422 g/mol. The van der Waals surface area contributed by atoms with Crippen molar-refractivity contribution in [2.24, 2.45) is 17.8 Å². The largest absolute Gasteiger partial charge is 0.355 e. The number of hydrogen-bond acceptors (Lipinski definition) is 5. The first-order valence-electron chi connectivity index (χ1n) is 12.2.